The Morgan fingerprint density at radius 1 is 1.08 bits per heavy atom. The van der Waals surface area contributed by atoms with E-state index >= 15 is 0 Å². The molecule has 5 amide bonds. The Kier molecular flexibility index (Phi) is 7.33. The van der Waals surface area contributed by atoms with E-state index in [0.717, 1.165) is 5.56 Å². The van der Waals surface area contributed by atoms with Gasteiger partial charge in [-0.25, -0.2) is 4.79 Å². The molecule has 3 aromatic rings. The van der Waals surface area contributed by atoms with Crippen molar-refractivity contribution in [3.05, 3.63) is 83.8 Å². The highest BCUT2D eigenvalue weighted by Crippen LogP contribution is 2.27. The van der Waals surface area contributed by atoms with Gasteiger partial charge in [-0.2, -0.15) is 0 Å². The number of nitrogens with zero attached hydrogens (tertiary/aromatic N) is 1. The molecule has 2 heterocycles. The molecule has 0 bridgehead atoms. The van der Waals surface area contributed by atoms with Crippen LogP contribution in [0.2, 0.25) is 0 Å². The van der Waals surface area contributed by atoms with Crippen molar-refractivity contribution in [1.29, 1.82) is 0 Å². The molecular weight excluding hydrogens is 464 g/mol. The Morgan fingerprint density at radius 2 is 1.81 bits per heavy atom. The number of hydrogen-bond donors (Lipinski definition) is 3. The van der Waals surface area contributed by atoms with E-state index in [9.17, 15) is 19.2 Å². The van der Waals surface area contributed by atoms with Crippen LogP contribution >= 0.6 is 0 Å². The predicted octanol–water partition coefficient (Wildman–Crippen LogP) is 2.90. The first kappa shape index (κ1) is 24.5. The third-order valence-corrected chi connectivity index (χ3v) is 5.77. The molecule has 1 fully saturated rings. The van der Waals surface area contributed by atoms with E-state index in [1.165, 1.54) is 11.2 Å². The fraction of sp³-hybridized carbons (Fsp3) is 0.231. The Morgan fingerprint density at radius 3 is 2.39 bits per heavy atom. The third kappa shape index (κ3) is 5.72. The van der Waals surface area contributed by atoms with E-state index in [2.05, 4.69) is 16.0 Å². The summed E-state index contributed by atoms with van der Waals surface area (Å²) in [5.74, 6) is -0.471. The summed E-state index contributed by atoms with van der Waals surface area (Å²) in [6.45, 7) is 1.89. The minimum absolute atomic E-state index is 0.0251. The van der Waals surface area contributed by atoms with E-state index in [1.807, 2.05) is 19.1 Å². The number of furan rings is 1. The van der Waals surface area contributed by atoms with Gasteiger partial charge in [-0.05, 0) is 48.9 Å². The SMILES string of the molecule is COc1ccc(NC(=O)[C@@H](c2ccc(C)cc2)N(Cc2ccco2)C(=O)C[C@@H]2NC(=O)NC2=O)cc1. The summed E-state index contributed by atoms with van der Waals surface area (Å²) in [4.78, 5) is 52.2. The molecule has 2 atom stereocenters. The summed E-state index contributed by atoms with van der Waals surface area (Å²) in [6, 6.07) is 14.7. The second-order valence-electron chi connectivity index (χ2n) is 8.35. The lowest BCUT2D eigenvalue weighted by molar-refractivity contribution is -0.141. The van der Waals surface area contributed by atoms with E-state index in [4.69, 9.17) is 9.15 Å². The van der Waals surface area contributed by atoms with Gasteiger partial charge >= 0.3 is 6.03 Å². The normalized spacial score (nSPS) is 15.6. The van der Waals surface area contributed by atoms with Crippen molar-refractivity contribution in [3.8, 4) is 5.75 Å². The van der Waals surface area contributed by atoms with Crippen molar-refractivity contribution >= 4 is 29.4 Å². The molecule has 2 aromatic carbocycles. The number of methoxy groups -OCH3 is 1. The quantitative estimate of drug-likeness (QED) is 0.396. The second-order valence-corrected chi connectivity index (χ2v) is 8.35. The maximum atomic E-state index is 13.7. The number of rotatable bonds is 9. The largest absolute Gasteiger partial charge is 0.497 e. The van der Waals surface area contributed by atoms with Crippen LogP contribution in [0, 0.1) is 6.92 Å². The molecule has 10 heteroatoms. The molecule has 0 saturated carbocycles. The van der Waals surface area contributed by atoms with Crippen LogP contribution in [0.5, 0.6) is 5.75 Å². The van der Waals surface area contributed by atoms with Gasteiger partial charge < -0.3 is 24.7 Å². The number of hydrogen-bond acceptors (Lipinski definition) is 6. The first-order chi connectivity index (χ1) is 17.3. The van der Waals surface area contributed by atoms with Crippen LogP contribution in [0.15, 0.2) is 71.3 Å². The van der Waals surface area contributed by atoms with Gasteiger partial charge in [0.2, 0.25) is 5.91 Å². The molecule has 1 aliphatic heterocycles. The molecule has 10 nitrogen and oxygen atoms in total. The van der Waals surface area contributed by atoms with E-state index in [0.29, 0.717) is 22.8 Å². The molecule has 0 spiro atoms. The molecule has 1 saturated heterocycles. The van der Waals surface area contributed by atoms with Gasteiger partial charge in [0.1, 0.15) is 23.6 Å². The Bertz CT molecular complexity index is 1240. The third-order valence-electron chi connectivity index (χ3n) is 5.77. The lowest BCUT2D eigenvalue weighted by Crippen LogP contribution is -2.44. The van der Waals surface area contributed by atoms with Crippen molar-refractivity contribution in [2.45, 2.75) is 32.0 Å². The number of benzene rings is 2. The van der Waals surface area contributed by atoms with E-state index in [1.54, 1.807) is 55.6 Å². The predicted molar refractivity (Wildman–Crippen MR) is 130 cm³/mol. The van der Waals surface area contributed by atoms with Gasteiger partial charge in [0.15, 0.2) is 0 Å². The van der Waals surface area contributed by atoms with Crippen molar-refractivity contribution in [2.75, 3.05) is 12.4 Å². The van der Waals surface area contributed by atoms with Crippen LogP contribution in [0.1, 0.15) is 29.3 Å². The Hall–Kier alpha value is -4.60. The van der Waals surface area contributed by atoms with E-state index < -0.39 is 35.8 Å². The van der Waals surface area contributed by atoms with Crippen molar-refractivity contribution in [3.63, 3.8) is 0 Å². The Labute approximate surface area is 207 Å². The molecule has 1 aliphatic rings. The first-order valence-corrected chi connectivity index (χ1v) is 11.3. The number of urea groups is 1. The van der Waals surface area contributed by atoms with Crippen LogP contribution in [-0.4, -0.2) is 41.8 Å². The van der Waals surface area contributed by atoms with Gasteiger partial charge in [-0.1, -0.05) is 29.8 Å². The molecule has 0 aliphatic carbocycles. The molecule has 186 valence electrons. The number of anilines is 1. The van der Waals surface area contributed by atoms with Crippen LogP contribution < -0.4 is 20.7 Å². The van der Waals surface area contributed by atoms with E-state index in [-0.39, 0.29) is 13.0 Å². The highest BCUT2D eigenvalue weighted by molar-refractivity contribution is 6.06. The standard InChI is InChI=1S/C26H26N4O6/c1-16-5-7-17(8-6-16)23(25(33)27-18-9-11-19(35-2)12-10-18)30(15-20-4-3-13-36-20)22(31)14-21-24(32)29-26(34)28-21/h3-13,21,23H,14-15H2,1-2H3,(H,27,33)(H2,28,29,32,34)/t21-,23+/m0/s1. The van der Waals surface area contributed by atoms with Gasteiger partial charge in [-0.15, -0.1) is 0 Å². The first-order valence-electron chi connectivity index (χ1n) is 11.3. The maximum absolute atomic E-state index is 13.7. The molecule has 3 N–H and O–H groups in total. The van der Waals surface area contributed by atoms with Crippen molar-refractivity contribution in [1.82, 2.24) is 15.5 Å². The zero-order valence-electron chi connectivity index (χ0n) is 19.8. The van der Waals surface area contributed by atoms with Crippen LogP contribution in [0.25, 0.3) is 0 Å². The average Bonchev–Trinajstić information content (AvgIpc) is 3.49. The number of carbonyl (C=O) groups is 4. The molecule has 36 heavy (non-hydrogen) atoms. The van der Waals surface area contributed by atoms with Gasteiger partial charge in [0.05, 0.1) is 26.3 Å². The summed E-state index contributed by atoms with van der Waals surface area (Å²) in [5, 5.41) is 7.42. The minimum Gasteiger partial charge on any atom is -0.497 e. The summed E-state index contributed by atoms with van der Waals surface area (Å²) in [7, 11) is 1.55. The Balaban J connectivity index is 1.68. The average molecular weight is 491 g/mol. The molecule has 0 unspecified atom stereocenters. The highest BCUT2D eigenvalue weighted by Gasteiger charge is 2.37. The highest BCUT2D eigenvalue weighted by atomic mass is 16.5. The smallest absolute Gasteiger partial charge is 0.322 e. The number of imide groups is 1. The number of amides is 5. The monoisotopic (exact) mass is 490 g/mol. The summed E-state index contributed by atoms with van der Waals surface area (Å²) in [6.07, 6.45) is 1.15. The summed E-state index contributed by atoms with van der Waals surface area (Å²) >= 11 is 0. The fourth-order valence-electron chi connectivity index (χ4n) is 3.89. The van der Waals surface area contributed by atoms with Gasteiger partial charge in [0.25, 0.3) is 11.8 Å². The number of aryl methyl sites for hydroxylation is 1. The molecular formula is C26H26N4O6. The van der Waals surface area contributed by atoms with Gasteiger partial charge in [-0.3, -0.25) is 19.7 Å². The van der Waals surface area contributed by atoms with Crippen LogP contribution in [0.3, 0.4) is 0 Å². The lowest BCUT2D eigenvalue weighted by Gasteiger charge is -2.31. The van der Waals surface area contributed by atoms with Crippen LogP contribution in [-0.2, 0) is 20.9 Å². The maximum Gasteiger partial charge on any atom is 0.322 e. The summed E-state index contributed by atoms with van der Waals surface area (Å²) in [5.41, 5.74) is 2.08. The number of nitrogens with one attached hydrogen (secondary N) is 3. The molecule has 0 radical (unpaired) electrons. The second kappa shape index (κ2) is 10.8. The minimum atomic E-state index is -1.05. The zero-order valence-corrected chi connectivity index (χ0v) is 19.8. The van der Waals surface area contributed by atoms with Crippen molar-refractivity contribution in [2.24, 2.45) is 0 Å². The summed E-state index contributed by atoms with van der Waals surface area (Å²) < 4.78 is 10.6. The van der Waals surface area contributed by atoms with Crippen molar-refractivity contribution < 1.29 is 28.3 Å². The number of ether oxygens (including phenoxy) is 1. The van der Waals surface area contributed by atoms with Crippen LogP contribution in [0.4, 0.5) is 10.5 Å². The fourth-order valence-corrected chi connectivity index (χ4v) is 3.89. The molecule has 1 aromatic heterocycles. The zero-order chi connectivity index (χ0) is 25.7. The number of carbonyl (C=O) groups excluding carboxylic acids is 4. The lowest BCUT2D eigenvalue weighted by atomic mass is 10.0. The molecule has 4 rings (SSSR count). The topological polar surface area (TPSA) is 130 Å². The van der Waals surface area contributed by atoms with Gasteiger partial charge in [0, 0.05) is 5.69 Å².